The highest BCUT2D eigenvalue weighted by Crippen LogP contribution is 2.26. The Kier molecular flexibility index (Phi) is 5.65. The van der Waals surface area contributed by atoms with Gasteiger partial charge in [-0.25, -0.2) is 9.67 Å². The molecule has 6 nitrogen and oxygen atoms in total. The number of nitrogens with one attached hydrogen (secondary N) is 2. The lowest BCUT2D eigenvalue weighted by atomic mass is 9.91. The zero-order chi connectivity index (χ0) is 18.7. The Labute approximate surface area is 160 Å². The number of rotatable bonds is 5. The maximum absolute atomic E-state index is 4.66. The van der Waals surface area contributed by atoms with Crippen LogP contribution in [0.15, 0.2) is 22.5 Å². The van der Waals surface area contributed by atoms with Crippen molar-refractivity contribution in [3.8, 4) is 0 Å². The number of hydrogen-bond acceptors (Lipinski definition) is 4. The van der Waals surface area contributed by atoms with Crippen molar-refractivity contribution >= 4 is 17.3 Å². The minimum absolute atomic E-state index is 0.0730. The first-order chi connectivity index (χ1) is 12.4. The van der Waals surface area contributed by atoms with E-state index in [1.807, 2.05) is 7.05 Å². The predicted molar refractivity (Wildman–Crippen MR) is 108 cm³/mol. The van der Waals surface area contributed by atoms with Gasteiger partial charge >= 0.3 is 0 Å². The molecule has 2 N–H and O–H groups in total. The van der Waals surface area contributed by atoms with Gasteiger partial charge in [0.2, 0.25) is 0 Å². The fourth-order valence-electron chi connectivity index (χ4n) is 3.13. The predicted octanol–water partition coefficient (Wildman–Crippen LogP) is 2.92. The van der Waals surface area contributed by atoms with Gasteiger partial charge in [-0.05, 0) is 17.9 Å². The van der Waals surface area contributed by atoms with Gasteiger partial charge < -0.3 is 10.6 Å². The molecule has 1 aliphatic rings. The van der Waals surface area contributed by atoms with Gasteiger partial charge in [0, 0.05) is 42.3 Å². The van der Waals surface area contributed by atoms with Crippen LogP contribution in [-0.4, -0.2) is 40.4 Å². The first-order valence-corrected chi connectivity index (χ1v) is 10.2. The van der Waals surface area contributed by atoms with Gasteiger partial charge in [0.15, 0.2) is 11.8 Å². The Hall–Kier alpha value is -1.89. The minimum Gasteiger partial charge on any atom is -0.356 e. The molecule has 26 heavy (non-hydrogen) atoms. The minimum atomic E-state index is 0.0730. The third-order valence-corrected chi connectivity index (χ3v) is 6.08. The Bertz CT molecular complexity index is 744. The Morgan fingerprint density at radius 2 is 2.27 bits per heavy atom. The van der Waals surface area contributed by atoms with E-state index in [1.165, 1.54) is 4.88 Å². The maximum atomic E-state index is 4.66. The molecule has 1 unspecified atom stereocenters. The number of nitrogens with zero attached hydrogens (tertiary/aromatic N) is 4. The number of aromatic nitrogens is 3. The van der Waals surface area contributed by atoms with E-state index in [-0.39, 0.29) is 5.41 Å². The third kappa shape index (κ3) is 4.26. The fourth-order valence-corrected chi connectivity index (χ4v) is 3.99. The lowest BCUT2D eigenvalue weighted by Gasteiger charge is -2.28. The summed E-state index contributed by atoms with van der Waals surface area (Å²) in [5, 5.41) is 13.8. The Balaban J connectivity index is 1.57. The van der Waals surface area contributed by atoms with E-state index in [1.54, 1.807) is 11.3 Å². The summed E-state index contributed by atoms with van der Waals surface area (Å²) in [5.41, 5.74) is 0.0730. The van der Waals surface area contributed by atoms with Crippen molar-refractivity contribution in [1.29, 1.82) is 0 Å². The van der Waals surface area contributed by atoms with Crippen LogP contribution in [0.3, 0.4) is 0 Å². The Morgan fingerprint density at radius 3 is 2.92 bits per heavy atom. The molecule has 3 heterocycles. The summed E-state index contributed by atoms with van der Waals surface area (Å²) in [6.07, 6.45) is 2.00. The van der Waals surface area contributed by atoms with Crippen molar-refractivity contribution in [3.63, 3.8) is 0 Å². The number of guanidine groups is 1. The number of hydrogen-bond donors (Lipinski definition) is 2. The van der Waals surface area contributed by atoms with Crippen LogP contribution in [0.4, 0.5) is 0 Å². The van der Waals surface area contributed by atoms with E-state index in [0.29, 0.717) is 12.0 Å². The highest BCUT2D eigenvalue weighted by atomic mass is 32.1. The van der Waals surface area contributed by atoms with E-state index in [9.17, 15) is 0 Å². The molecule has 7 heteroatoms. The van der Waals surface area contributed by atoms with Crippen LogP contribution in [0.2, 0.25) is 0 Å². The molecule has 0 radical (unpaired) electrons. The Morgan fingerprint density at radius 1 is 1.46 bits per heavy atom. The van der Waals surface area contributed by atoms with Crippen molar-refractivity contribution in [2.45, 2.75) is 64.5 Å². The van der Waals surface area contributed by atoms with Gasteiger partial charge in [-0.15, -0.1) is 11.3 Å². The average molecular weight is 375 g/mol. The largest absolute Gasteiger partial charge is 0.356 e. The SMILES string of the molecule is CN=C(NCC(C)(C)c1cccs1)NC1CCc2nc(C(C)C)nn2C1. The molecule has 3 rings (SSSR count). The molecule has 0 bridgehead atoms. The van der Waals surface area contributed by atoms with Gasteiger partial charge in [-0.2, -0.15) is 5.10 Å². The molecule has 0 saturated heterocycles. The second-order valence-electron chi connectivity index (χ2n) is 7.89. The van der Waals surface area contributed by atoms with E-state index >= 15 is 0 Å². The molecule has 0 spiro atoms. The van der Waals surface area contributed by atoms with Gasteiger partial charge in [-0.1, -0.05) is 33.8 Å². The molecule has 1 atom stereocenters. The molecule has 1 aliphatic heterocycles. The van der Waals surface area contributed by atoms with E-state index < -0.39 is 0 Å². The molecule has 2 aromatic heterocycles. The zero-order valence-corrected chi connectivity index (χ0v) is 17.2. The van der Waals surface area contributed by atoms with Crippen molar-refractivity contribution in [1.82, 2.24) is 25.4 Å². The van der Waals surface area contributed by atoms with E-state index in [0.717, 1.165) is 43.5 Å². The normalized spacial score (nSPS) is 18.1. The first kappa shape index (κ1) is 18.9. The third-order valence-electron chi connectivity index (χ3n) is 4.84. The first-order valence-electron chi connectivity index (χ1n) is 9.34. The molecule has 0 fully saturated rings. The van der Waals surface area contributed by atoms with E-state index in [4.69, 9.17) is 0 Å². The van der Waals surface area contributed by atoms with Crippen molar-refractivity contribution in [3.05, 3.63) is 34.0 Å². The van der Waals surface area contributed by atoms with Crippen LogP contribution in [-0.2, 0) is 18.4 Å². The molecule has 2 aromatic rings. The second kappa shape index (κ2) is 7.78. The van der Waals surface area contributed by atoms with Crippen molar-refractivity contribution < 1.29 is 0 Å². The highest BCUT2D eigenvalue weighted by Gasteiger charge is 2.25. The van der Waals surface area contributed by atoms with Gasteiger partial charge in [0.1, 0.15) is 5.82 Å². The molecule has 0 aliphatic carbocycles. The molecule has 0 amide bonds. The van der Waals surface area contributed by atoms with Crippen LogP contribution >= 0.6 is 11.3 Å². The number of fused-ring (bicyclic) bond motifs is 1. The van der Waals surface area contributed by atoms with Crippen molar-refractivity contribution in [2.75, 3.05) is 13.6 Å². The maximum Gasteiger partial charge on any atom is 0.191 e. The average Bonchev–Trinajstić information content (AvgIpc) is 3.27. The number of aryl methyl sites for hydroxylation is 1. The summed E-state index contributed by atoms with van der Waals surface area (Å²) in [4.78, 5) is 10.5. The lowest BCUT2D eigenvalue weighted by Crippen LogP contribution is -2.49. The van der Waals surface area contributed by atoms with Gasteiger partial charge in [0.25, 0.3) is 0 Å². The standard InChI is InChI=1S/C19H30N6S/c1-13(2)17-23-16-9-8-14(11-25(16)24-17)22-18(20-5)21-12-19(3,4)15-7-6-10-26-15/h6-7,10,13-14H,8-9,11-12H2,1-5H3,(H2,20,21,22). The lowest BCUT2D eigenvalue weighted by molar-refractivity contribution is 0.390. The monoisotopic (exact) mass is 374 g/mol. The smallest absolute Gasteiger partial charge is 0.191 e. The second-order valence-corrected chi connectivity index (χ2v) is 8.84. The topological polar surface area (TPSA) is 67.1 Å². The van der Waals surface area contributed by atoms with Crippen LogP contribution in [0.25, 0.3) is 0 Å². The van der Waals surface area contributed by atoms with Crippen molar-refractivity contribution in [2.24, 2.45) is 4.99 Å². The molecular formula is C19H30N6S. The van der Waals surface area contributed by atoms with Gasteiger partial charge in [-0.3, -0.25) is 4.99 Å². The highest BCUT2D eigenvalue weighted by molar-refractivity contribution is 7.10. The van der Waals surface area contributed by atoms with E-state index in [2.05, 4.69) is 75.6 Å². The quantitative estimate of drug-likeness (QED) is 0.624. The zero-order valence-electron chi connectivity index (χ0n) is 16.4. The number of aliphatic imine (C=N–C) groups is 1. The van der Waals surface area contributed by atoms with Crippen LogP contribution in [0.1, 0.15) is 56.6 Å². The van der Waals surface area contributed by atoms with Gasteiger partial charge in [0.05, 0.1) is 6.54 Å². The summed E-state index contributed by atoms with van der Waals surface area (Å²) >= 11 is 1.80. The molecule has 142 valence electrons. The van der Waals surface area contributed by atoms with Crippen LogP contribution in [0, 0.1) is 0 Å². The summed E-state index contributed by atoms with van der Waals surface area (Å²) in [6, 6.07) is 4.63. The summed E-state index contributed by atoms with van der Waals surface area (Å²) < 4.78 is 2.05. The summed E-state index contributed by atoms with van der Waals surface area (Å²) in [6.45, 7) is 10.5. The fraction of sp³-hybridized carbons (Fsp3) is 0.632. The van der Waals surface area contributed by atoms with Crippen LogP contribution < -0.4 is 10.6 Å². The number of thiophene rings is 1. The summed E-state index contributed by atoms with van der Waals surface area (Å²) in [7, 11) is 1.83. The molecule has 0 saturated carbocycles. The molecular weight excluding hydrogens is 344 g/mol. The molecule has 0 aromatic carbocycles. The van der Waals surface area contributed by atoms with Crippen LogP contribution in [0.5, 0.6) is 0 Å². The summed E-state index contributed by atoms with van der Waals surface area (Å²) in [5.74, 6) is 3.27.